The third-order valence-corrected chi connectivity index (χ3v) is 15.9. The van der Waals surface area contributed by atoms with Crippen LogP contribution in [0, 0.1) is 11.5 Å². The van der Waals surface area contributed by atoms with Gasteiger partial charge in [0.05, 0.1) is 0 Å². The zero-order valence-electron chi connectivity index (χ0n) is 36.5. The topological polar surface area (TPSA) is 0 Å². The molecule has 0 spiro atoms. The highest BCUT2D eigenvalue weighted by Gasteiger charge is 2.50. The van der Waals surface area contributed by atoms with Crippen molar-refractivity contribution in [2.24, 2.45) is 5.92 Å². The lowest BCUT2D eigenvalue weighted by Crippen LogP contribution is -2.71. The molecule has 1 aliphatic carbocycles. The normalized spacial score (nSPS) is 15.6. The minimum Gasteiger partial charge on any atom is -0.0750 e. The van der Waals surface area contributed by atoms with E-state index in [4.69, 9.17) is 0 Å². The van der Waals surface area contributed by atoms with Crippen LogP contribution in [0.25, 0.3) is 0 Å². The molecule has 0 fully saturated rings. The van der Waals surface area contributed by atoms with Gasteiger partial charge in [0.2, 0.25) is 0 Å². The molecule has 0 saturated carbocycles. The number of hydrogen-bond donors (Lipinski definition) is 0. The van der Waals surface area contributed by atoms with E-state index >= 15 is 0 Å². The molecule has 0 heterocycles. The zero-order chi connectivity index (χ0) is 38.9. The molecule has 0 N–H and O–H groups in total. The first kappa shape index (κ1) is 41.1. The van der Waals surface area contributed by atoms with Crippen molar-refractivity contribution in [2.75, 3.05) is 0 Å². The standard InChI is InChI=1S/C50H73Si/c1-33(2)43-22-21-23-44(43)51(40-27-34(45(3,4)5)24-35(28-40)46(6,7)8,41-29-36(47(9,10)11)25-37(30-41)48(12,13)14)42-31-38(49(15,16)17)26-39(32-42)50(18,19)20/h21-33H,1-20H3. The van der Waals surface area contributed by atoms with Crippen LogP contribution in [0.4, 0.5) is 0 Å². The van der Waals surface area contributed by atoms with Crippen molar-refractivity contribution in [3.05, 3.63) is 117 Å². The van der Waals surface area contributed by atoms with Crippen molar-refractivity contribution >= 4 is 23.6 Å². The molecule has 1 radical (unpaired) electrons. The molecule has 4 rings (SSSR count). The maximum Gasteiger partial charge on any atom is 0.163 e. The lowest BCUT2D eigenvalue weighted by atomic mass is 9.80. The Morgan fingerprint density at radius 1 is 0.373 bits per heavy atom. The van der Waals surface area contributed by atoms with Gasteiger partial charge in [0.1, 0.15) is 0 Å². The summed E-state index contributed by atoms with van der Waals surface area (Å²) in [7, 11) is -3.02. The molecule has 3 aromatic rings. The quantitative estimate of drug-likeness (QED) is 0.183. The second-order valence-corrected chi connectivity index (χ2v) is 26.0. The van der Waals surface area contributed by atoms with E-state index in [0.29, 0.717) is 5.92 Å². The molecule has 3 aromatic carbocycles. The molecular formula is C50H73Si. The number of rotatable bonds is 5. The summed E-state index contributed by atoms with van der Waals surface area (Å²) in [5.74, 6) is 0.399. The van der Waals surface area contributed by atoms with Crippen molar-refractivity contribution in [2.45, 2.75) is 171 Å². The lowest BCUT2D eigenvalue weighted by Gasteiger charge is -2.43. The monoisotopic (exact) mass is 702 g/mol. The van der Waals surface area contributed by atoms with E-state index in [-0.39, 0.29) is 32.5 Å². The Morgan fingerprint density at radius 2 is 0.608 bits per heavy atom. The molecule has 0 nitrogen and oxygen atoms in total. The summed E-state index contributed by atoms with van der Waals surface area (Å²) in [6.45, 7) is 47.8. The van der Waals surface area contributed by atoms with Gasteiger partial charge in [0.15, 0.2) is 8.07 Å². The maximum absolute atomic E-state index is 3.02. The minimum absolute atomic E-state index is 0.00327. The second-order valence-electron chi connectivity index (χ2n) is 22.2. The van der Waals surface area contributed by atoms with Gasteiger partial charge in [-0.3, -0.25) is 0 Å². The van der Waals surface area contributed by atoms with Gasteiger partial charge in [-0.15, -0.1) is 0 Å². The fourth-order valence-electron chi connectivity index (χ4n) is 7.38. The Bertz CT molecular complexity index is 1520. The van der Waals surface area contributed by atoms with Crippen LogP contribution in [0.3, 0.4) is 0 Å². The van der Waals surface area contributed by atoms with Crippen LogP contribution in [-0.4, -0.2) is 8.07 Å². The largest absolute Gasteiger partial charge is 0.163 e. The molecule has 277 valence electrons. The molecule has 0 aromatic heterocycles. The van der Waals surface area contributed by atoms with Crippen LogP contribution in [0.1, 0.15) is 172 Å². The average Bonchev–Trinajstić information content (AvgIpc) is 3.45. The number of benzene rings is 3. The fraction of sp³-hybridized carbons (Fsp3) is 0.540. The Balaban J connectivity index is 2.47. The van der Waals surface area contributed by atoms with Crippen LogP contribution in [0.2, 0.25) is 0 Å². The van der Waals surface area contributed by atoms with Gasteiger partial charge in [-0.25, -0.2) is 0 Å². The molecule has 0 atom stereocenters. The van der Waals surface area contributed by atoms with Crippen molar-refractivity contribution < 1.29 is 0 Å². The van der Waals surface area contributed by atoms with Crippen molar-refractivity contribution in [1.82, 2.24) is 0 Å². The highest BCUT2D eigenvalue weighted by atomic mass is 28.3. The highest BCUT2D eigenvalue weighted by molar-refractivity contribution is 7.16. The van der Waals surface area contributed by atoms with E-state index in [1.807, 2.05) is 0 Å². The maximum atomic E-state index is 2.64. The van der Waals surface area contributed by atoms with E-state index in [0.717, 1.165) is 0 Å². The van der Waals surface area contributed by atoms with Gasteiger partial charge in [-0.05, 0) is 87.3 Å². The third kappa shape index (κ3) is 8.45. The molecule has 0 unspecified atom stereocenters. The molecule has 51 heavy (non-hydrogen) atoms. The first-order valence-electron chi connectivity index (χ1n) is 19.6. The fourth-order valence-corrected chi connectivity index (χ4v) is 12.7. The summed E-state index contributed by atoms with van der Waals surface area (Å²) in [6, 6.07) is 23.4. The Kier molecular flexibility index (Phi) is 10.8. The van der Waals surface area contributed by atoms with Crippen molar-refractivity contribution in [3.8, 4) is 0 Å². The molecule has 0 amide bonds. The van der Waals surface area contributed by atoms with E-state index in [2.05, 4.69) is 211 Å². The van der Waals surface area contributed by atoms with Gasteiger partial charge in [-0.2, -0.15) is 0 Å². The summed E-state index contributed by atoms with van der Waals surface area (Å²) in [4.78, 5) is 0. The predicted molar refractivity (Wildman–Crippen MR) is 231 cm³/mol. The summed E-state index contributed by atoms with van der Waals surface area (Å²) >= 11 is 0. The van der Waals surface area contributed by atoms with Gasteiger partial charge in [0, 0.05) is 5.54 Å². The number of allylic oxidation sites excluding steroid dienone is 4. The van der Waals surface area contributed by atoms with Gasteiger partial charge < -0.3 is 0 Å². The van der Waals surface area contributed by atoms with Crippen LogP contribution in [0.5, 0.6) is 0 Å². The highest BCUT2D eigenvalue weighted by Crippen LogP contribution is 2.40. The summed E-state index contributed by atoms with van der Waals surface area (Å²) in [5.41, 5.74) is 11.5. The summed E-state index contributed by atoms with van der Waals surface area (Å²) in [5, 5.41) is 4.51. The van der Waals surface area contributed by atoms with Crippen molar-refractivity contribution in [3.63, 3.8) is 0 Å². The lowest BCUT2D eigenvalue weighted by molar-refractivity contribution is 0.569. The molecular weight excluding hydrogens is 629 g/mol. The summed E-state index contributed by atoms with van der Waals surface area (Å²) in [6.07, 6.45) is 7.29. The van der Waals surface area contributed by atoms with Gasteiger partial charge >= 0.3 is 0 Å². The summed E-state index contributed by atoms with van der Waals surface area (Å²) < 4.78 is 0. The van der Waals surface area contributed by atoms with E-state index < -0.39 is 8.07 Å². The van der Waals surface area contributed by atoms with Gasteiger partial charge in [0.25, 0.3) is 0 Å². The van der Waals surface area contributed by atoms with Crippen molar-refractivity contribution in [1.29, 1.82) is 0 Å². The minimum atomic E-state index is -3.02. The second kappa shape index (κ2) is 13.3. The molecule has 0 aliphatic heterocycles. The first-order chi connectivity index (χ1) is 22.9. The molecule has 1 heteroatoms. The molecule has 1 aliphatic rings. The van der Waals surface area contributed by atoms with Gasteiger partial charge in [-0.1, -0.05) is 217 Å². The van der Waals surface area contributed by atoms with E-state index in [1.54, 1.807) is 5.54 Å². The van der Waals surface area contributed by atoms with Crippen LogP contribution in [-0.2, 0) is 32.5 Å². The Hall–Kier alpha value is -2.64. The smallest absolute Gasteiger partial charge is 0.0750 e. The number of hydrogen-bond acceptors (Lipinski definition) is 0. The Labute approximate surface area is 316 Å². The zero-order valence-corrected chi connectivity index (χ0v) is 37.5. The predicted octanol–water partition coefficient (Wildman–Crippen LogP) is 12.2. The third-order valence-electron chi connectivity index (χ3n) is 11.2. The average molecular weight is 702 g/mol. The van der Waals surface area contributed by atoms with Crippen LogP contribution >= 0.6 is 0 Å². The SMILES string of the molecule is CC(C)C1=CC=C[C]1[Si](c1cc(C(C)(C)C)cc(C(C)(C)C)c1)(c1cc(C(C)(C)C)cc(C(C)(C)C)c1)c1cc(C(C)(C)C)cc(C(C)(C)C)c1. The Morgan fingerprint density at radius 3 is 0.804 bits per heavy atom. The first-order valence-corrected chi connectivity index (χ1v) is 21.6. The van der Waals surface area contributed by atoms with Crippen LogP contribution in [0.15, 0.2) is 78.4 Å². The van der Waals surface area contributed by atoms with Crippen LogP contribution < -0.4 is 15.6 Å². The molecule has 0 bridgehead atoms. The van der Waals surface area contributed by atoms with E-state index in [1.165, 1.54) is 54.5 Å². The molecule has 0 saturated heterocycles. The van der Waals surface area contributed by atoms with E-state index in [9.17, 15) is 0 Å².